The summed E-state index contributed by atoms with van der Waals surface area (Å²) in [5.41, 5.74) is 4.96. The summed E-state index contributed by atoms with van der Waals surface area (Å²) in [4.78, 5) is 17.3. The number of sulfonamides is 1. The van der Waals surface area contributed by atoms with Crippen LogP contribution in [0.25, 0.3) is 11.0 Å². The molecule has 188 valence electrons. The number of hydrogen-bond donors (Lipinski definition) is 0. The second kappa shape index (κ2) is 10.3. The Balaban J connectivity index is 1.37. The second-order valence-electron chi connectivity index (χ2n) is 8.96. The summed E-state index contributed by atoms with van der Waals surface area (Å²) >= 11 is 0. The number of aromatic nitrogens is 3. The van der Waals surface area contributed by atoms with E-state index in [2.05, 4.69) is 47.3 Å². The molecule has 1 saturated heterocycles. The number of benzene rings is 2. The topological polar surface area (TPSA) is 91.6 Å². The molecular weight excluding hydrogens is 464 g/mol. The Kier molecular flexibility index (Phi) is 7.42. The minimum Gasteiger partial charge on any atom is -0.368 e. The molecule has 0 N–H and O–H groups in total. The minimum absolute atomic E-state index is 0.0926. The lowest BCUT2D eigenvalue weighted by Gasteiger charge is -2.37. The van der Waals surface area contributed by atoms with Gasteiger partial charge in [0, 0.05) is 51.4 Å². The average molecular weight is 499 g/mol. The molecule has 3 aromatic rings. The Hall–Kier alpha value is -2.98. The fraction of sp³-hybridized carbons (Fsp3) is 0.480. The van der Waals surface area contributed by atoms with Crippen molar-refractivity contribution in [2.24, 2.45) is 0 Å². The molecule has 1 fully saturated rings. The molecule has 1 aliphatic heterocycles. The zero-order chi connectivity index (χ0) is 25.2. The molecule has 1 amide bonds. The lowest BCUT2D eigenvalue weighted by Crippen LogP contribution is -2.49. The molecule has 0 bridgehead atoms. The van der Waals surface area contributed by atoms with Crippen LogP contribution in [-0.2, 0) is 21.4 Å². The summed E-state index contributed by atoms with van der Waals surface area (Å²) in [6.07, 6.45) is 0.321. The molecule has 1 aliphatic rings. The Morgan fingerprint density at radius 3 is 2.40 bits per heavy atom. The van der Waals surface area contributed by atoms with E-state index in [1.54, 1.807) is 22.9 Å². The quantitative estimate of drug-likeness (QED) is 0.474. The highest BCUT2D eigenvalue weighted by atomic mass is 32.2. The van der Waals surface area contributed by atoms with Crippen LogP contribution in [0.3, 0.4) is 0 Å². The molecule has 1 aromatic heterocycles. The summed E-state index contributed by atoms with van der Waals surface area (Å²) in [5.74, 6) is 0.0926. The van der Waals surface area contributed by atoms with E-state index in [0.29, 0.717) is 44.7 Å². The van der Waals surface area contributed by atoms with Gasteiger partial charge in [-0.15, -0.1) is 5.10 Å². The SMILES string of the molecule is CCN(CC)S(=O)(=O)c1ccc2c(c1)nnn2CCC(=O)N1CCN(c2cc(C)ccc2C)CC1. The summed E-state index contributed by atoms with van der Waals surface area (Å²) < 4.78 is 28.7. The van der Waals surface area contributed by atoms with Gasteiger partial charge in [-0.05, 0) is 49.2 Å². The van der Waals surface area contributed by atoms with E-state index >= 15 is 0 Å². The van der Waals surface area contributed by atoms with Gasteiger partial charge in [0.25, 0.3) is 0 Å². The van der Waals surface area contributed by atoms with Crippen molar-refractivity contribution in [1.82, 2.24) is 24.2 Å². The fourth-order valence-electron chi connectivity index (χ4n) is 4.61. The van der Waals surface area contributed by atoms with Gasteiger partial charge in [-0.2, -0.15) is 4.31 Å². The van der Waals surface area contributed by atoms with E-state index in [1.807, 2.05) is 18.7 Å². The van der Waals surface area contributed by atoms with Crippen molar-refractivity contribution in [1.29, 1.82) is 0 Å². The number of rotatable bonds is 8. The Labute approximate surface area is 207 Å². The molecule has 2 aromatic carbocycles. The molecule has 35 heavy (non-hydrogen) atoms. The zero-order valence-electron chi connectivity index (χ0n) is 20.9. The van der Waals surface area contributed by atoms with Gasteiger partial charge in [-0.3, -0.25) is 4.79 Å². The standard InChI is InChI=1S/C25H34N6O3S/c1-5-30(6-2)35(33,34)21-9-10-23-22(18-21)26-27-31(23)12-11-25(32)29-15-13-28(14-16-29)24-17-19(3)7-8-20(24)4/h7-10,17-18H,5-6,11-16H2,1-4H3. The van der Waals surface area contributed by atoms with Crippen molar-refractivity contribution in [3.63, 3.8) is 0 Å². The summed E-state index contributed by atoms with van der Waals surface area (Å²) in [6.45, 7) is 12.1. The van der Waals surface area contributed by atoms with Crippen molar-refractivity contribution in [2.75, 3.05) is 44.2 Å². The molecule has 0 unspecified atom stereocenters. The second-order valence-corrected chi connectivity index (χ2v) is 10.9. The van der Waals surface area contributed by atoms with Crippen LogP contribution >= 0.6 is 0 Å². The smallest absolute Gasteiger partial charge is 0.243 e. The first-order chi connectivity index (χ1) is 16.7. The number of amides is 1. The first-order valence-corrected chi connectivity index (χ1v) is 13.6. The van der Waals surface area contributed by atoms with Crippen molar-refractivity contribution in [2.45, 2.75) is 45.6 Å². The molecule has 10 heteroatoms. The summed E-state index contributed by atoms with van der Waals surface area (Å²) in [6, 6.07) is 11.3. The van der Waals surface area contributed by atoms with Gasteiger partial charge < -0.3 is 9.80 Å². The highest BCUT2D eigenvalue weighted by molar-refractivity contribution is 7.89. The maximum Gasteiger partial charge on any atom is 0.243 e. The maximum absolute atomic E-state index is 12.9. The third kappa shape index (κ3) is 5.18. The Morgan fingerprint density at radius 1 is 1.00 bits per heavy atom. The van der Waals surface area contributed by atoms with E-state index in [4.69, 9.17) is 0 Å². The van der Waals surface area contributed by atoms with E-state index in [1.165, 1.54) is 21.1 Å². The van der Waals surface area contributed by atoms with Crippen LogP contribution in [0.15, 0.2) is 41.3 Å². The van der Waals surface area contributed by atoms with Crippen molar-refractivity contribution < 1.29 is 13.2 Å². The normalized spacial score (nSPS) is 14.8. The average Bonchev–Trinajstić information content (AvgIpc) is 3.27. The van der Waals surface area contributed by atoms with E-state index in [-0.39, 0.29) is 10.8 Å². The molecule has 0 radical (unpaired) electrons. The predicted molar refractivity (Wildman–Crippen MR) is 137 cm³/mol. The van der Waals surface area contributed by atoms with Crippen LogP contribution in [0.4, 0.5) is 5.69 Å². The lowest BCUT2D eigenvalue weighted by molar-refractivity contribution is -0.131. The number of hydrogen-bond acceptors (Lipinski definition) is 6. The minimum atomic E-state index is -3.56. The van der Waals surface area contributed by atoms with Gasteiger partial charge >= 0.3 is 0 Å². The first-order valence-electron chi connectivity index (χ1n) is 12.2. The number of fused-ring (bicyclic) bond motifs is 1. The van der Waals surface area contributed by atoms with Gasteiger partial charge in [0.2, 0.25) is 15.9 Å². The van der Waals surface area contributed by atoms with Crippen molar-refractivity contribution in [3.05, 3.63) is 47.5 Å². The van der Waals surface area contributed by atoms with Crippen LogP contribution in [0, 0.1) is 13.8 Å². The Bertz CT molecular complexity index is 1310. The third-order valence-electron chi connectivity index (χ3n) is 6.70. The van der Waals surface area contributed by atoms with Gasteiger partial charge in [0.05, 0.1) is 17.0 Å². The number of carbonyl (C=O) groups is 1. The van der Waals surface area contributed by atoms with Crippen LogP contribution in [0.2, 0.25) is 0 Å². The molecule has 0 saturated carbocycles. The van der Waals surface area contributed by atoms with Crippen LogP contribution < -0.4 is 4.90 Å². The highest BCUT2D eigenvalue weighted by Gasteiger charge is 2.24. The highest BCUT2D eigenvalue weighted by Crippen LogP contribution is 2.24. The number of aryl methyl sites for hydroxylation is 3. The van der Waals surface area contributed by atoms with Gasteiger partial charge in [-0.1, -0.05) is 31.2 Å². The van der Waals surface area contributed by atoms with E-state index in [0.717, 1.165) is 18.6 Å². The summed E-state index contributed by atoms with van der Waals surface area (Å²) in [7, 11) is -3.56. The lowest BCUT2D eigenvalue weighted by atomic mass is 10.1. The largest absolute Gasteiger partial charge is 0.368 e. The molecule has 2 heterocycles. The van der Waals surface area contributed by atoms with E-state index in [9.17, 15) is 13.2 Å². The molecular formula is C25H34N6O3S. The number of piperazine rings is 1. The predicted octanol–water partition coefficient (Wildman–Crippen LogP) is 2.82. The van der Waals surface area contributed by atoms with Crippen LogP contribution in [0.1, 0.15) is 31.4 Å². The van der Waals surface area contributed by atoms with Crippen molar-refractivity contribution in [3.8, 4) is 0 Å². The fourth-order valence-corrected chi connectivity index (χ4v) is 6.09. The van der Waals surface area contributed by atoms with Gasteiger partial charge in [-0.25, -0.2) is 13.1 Å². The Morgan fingerprint density at radius 2 is 1.71 bits per heavy atom. The molecule has 0 aliphatic carbocycles. The molecule has 0 atom stereocenters. The third-order valence-corrected chi connectivity index (χ3v) is 8.75. The molecule has 0 spiro atoms. The van der Waals surface area contributed by atoms with E-state index < -0.39 is 10.0 Å². The van der Waals surface area contributed by atoms with Gasteiger partial charge in [0.1, 0.15) is 5.52 Å². The molecule has 4 rings (SSSR count). The van der Waals surface area contributed by atoms with Crippen LogP contribution in [0.5, 0.6) is 0 Å². The monoisotopic (exact) mass is 498 g/mol. The number of nitrogens with zero attached hydrogens (tertiary/aromatic N) is 6. The maximum atomic E-state index is 12.9. The summed E-state index contributed by atoms with van der Waals surface area (Å²) in [5, 5.41) is 8.32. The van der Waals surface area contributed by atoms with Gasteiger partial charge in [0.15, 0.2) is 0 Å². The number of anilines is 1. The molecule has 9 nitrogen and oxygen atoms in total. The number of carbonyl (C=O) groups excluding carboxylic acids is 1. The first kappa shape index (κ1) is 25.1. The zero-order valence-corrected chi connectivity index (χ0v) is 21.8. The van der Waals surface area contributed by atoms with Crippen molar-refractivity contribution >= 4 is 32.7 Å². The van der Waals surface area contributed by atoms with Crippen LogP contribution in [-0.4, -0.2) is 77.8 Å².